The number of nitrogens with zero attached hydrogens (tertiary/aromatic N) is 1. The number of hydrogen-bond acceptors (Lipinski definition) is 1. The Labute approximate surface area is 120 Å². The number of aryl methyl sites for hydroxylation is 1. The van der Waals surface area contributed by atoms with Crippen molar-refractivity contribution < 1.29 is 4.79 Å². The van der Waals surface area contributed by atoms with E-state index in [1.807, 2.05) is 6.20 Å². The molecule has 1 aliphatic heterocycles. The second kappa shape index (κ2) is 6.12. The average Bonchev–Trinajstić information content (AvgIpc) is 2.76. The van der Waals surface area contributed by atoms with Gasteiger partial charge in [0, 0.05) is 31.2 Å². The van der Waals surface area contributed by atoms with E-state index in [2.05, 4.69) is 34.1 Å². The number of nitrogens with one attached hydrogen (secondary N) is 1. The van der Waals surface area contributed by atoms with E-state index in [9.17, 15) is 4.79 Å². The van der Waals surface area contributed by atoms with Gasteiger partial charge in [0.1, 0.15) is 0 Å². The molecule has 1 amide bonds. The van der Waals surface area contributed by atoms with Crippen LogP contribution < -0.4 is 0 Å². The van der Waals surface area contributed by atoms with Crippen molar-refractivity contribution in [3.05, 3.63) is 36.0 Å². The maximum Gasteiger partial charge on any atom is 0.222 e. The van der Waals surface area contributed by atoms with Gasteiger partial charge in [-0.1, -0.05) is 18.9 Å². The SMILES string of the molecule is O=C(CCc1ccc2[nH]ccc2c1)N1CCCCCC1. The van der Waals surface area contributed by atoms with Crippen molar-refractivity contribution in [2.45, 2.75) is 38.5 Å². The van der Waals surface area contributed by atoms with Crippen LogP contribution in [0.4, 0.5) is 0 Å². The molecular weight excluding hydrogens is 248 g/mol. The van der Waals surface area contributed by atoms with Crippen LogP contribution in [0.3, 0.4) is 0 Å². The normalized spacial score (nSPS) is 16.3. The lowest BCUT2D eigenvalue weighted by Crippen LogP contribution is -2.31. The number of carbonyl (C=O) groups is 1. The van der Waals surface area contributed by atoms with Crippen LogP contribution in [-0.4, -0.2) is 28.9 Å². The summed E-state index contributed by atoms with van der Waals surface area (Å²) in [5.74, 6) is 0.320. The minimum atomic E-state index is 0.320. The van der Waals surface area contributed by atoms with Crippen LogP contribution in [-0.2, 0) is 11.2 Å². The molecule has 0 spiro atoms. The van der Waals surface area contributed by atoms with Crippen molar-refractivity contribution in [2.75, 3.05) is 13.1 Å². The molecule has 1 fully saturated rings. The number of benzene rings is 1. The highest BCUT2D eigenvalue weighted by molar-refractivity contribution is 5.80. The first-order chi connectivity index (χ1) is 9.83. The lowest BCUT2D eigenvalue weighted by molar-refractivity contribution is -0.131. The van der Waals surface area contributed by atoms with Crippen molar-refractivity contribution in [2.24, 2.45) is 0 Å². The van der Waals surface area contributed by atoms with Crippen LogP contribution in [0, 0.1) is 0 Å². The fourth-order valence-electron chi connectivity index (χ4n) is 2.99. The maximum atomic E-state index is 12.3. The Kier molecular flexibility index (Phi) is 4.05. The lowest BCUT2D eigenvalue weighted by Gasteiger charge is -2.20. The number of likely N-dealkylation sites (tertiary alicyclic amines) is 1. The summed E-state index contributed by atoms with van der Waals surface area (Å²) in [7, 11) is 0. The molecule has 106 valence electrons. The molecule has 1 aliphatic rings. The Balaban J connectivity index is 1.58. The fraction of sp³-hybridized carbons (Fsp3) is 0.471. The van der Waals surface area contributed by atoms with Crippen molar-refractivity contribution in [1.29, 1.82) is 0 Å². The highest BCUT2D eigenvalue weighted by Gasteiger charge is 2.15. The summed E-state index contributed by atoms with van der Waals surface area (Å²) in [6.07, 6.45) is 8.31. The topological polar surface area (TPSA) is 36.1 Å². The van der Waals surface area contributed by atoms with Gasteiger partial charge in [0.15, 0.2) is 0 Å². The molecule has 0 bridgehead atoms. The Morgan fingerprint density at radius 1 is 1.10 bits per heavy atom. The van der Waals surface area contributed by atoms with Crippen LogP contribution in [0.5, 0.6) is 0 Å². The summed E-state index contributed by atoms with van der Waals surface area (Å²) in [4.78, 5) is 17.5. The summed E-state index contributed by atoms with van der Waals surface area (Å²) in [6.45, 7) is 1.91. The number of fused-ring (bicyclic) bond motifs is 1. The minimum absolute atomic E-state index is 0.320. The van der Waals surface area contributed by atoms with Crippen molar-refractivity contribution >= 4 is 16.8 Å². The third kappa shape index (κ3) is 3.03. The smallest absolute Gasteiger partial charge is 0.222 e. The average molecular weight is 270 g/mol. The second-order valence-corrected chi connectivity index (χ2v) is 5.69. The third-order valence-corrected chi connectivity index (χ3v) is 4.20. The summed E-state index contributed by atoms with van der Waals surface area (Å²) in [6, 6.07) is 8.48. The standard InChI is InChI=1S/C17H22N2O/c20-17(19-11-3-1-2-4-12-19)8-6-14-5-7-16-15(13-14)9-10-18-16/h5,7,9-10,13,18H,1-4,6,8,11-12H2. The van der Waals surface area contributed by atoms with Gasteiger partial charge < -0.3 is 9.88 Å². The summed E-state index contributed by atoms with van der Waals surface area (Å²) < 4.78 is 0. The van der Waals surface area contributed by atoms with Crippen LogP contribution >= 0.6 is 0 Å². The molecule has 1 aromatic heterocycles. The van der Waals surface area contributed by atoms with Crippen molar-refractivity contribution in [3.63, 3.8) is 0 Å². The molecule has 3 nitrogen and oxygen atoms in total. The molecule has 3 rings (SSSR count). The minimum Gasteiger partial charge on any atom is -0.361 e. The Morgan fingerprint density at radius 2 is 1.90 bits per heavy atom. The van der Waals surface area contributed by atoms with E-state index in [-0.39, 0.29) is 0 Å². The molecule has 20 heavy (non-hydrogen) atoms. The zero-order chi connectivity index (χ0) is 13.8. The highest BCUT2D eigenvalue weighted by atomic mass is 16.2. The van der Waals surface area contributed by atoms with Gasteiger partial charge in [0.25, 0.3) is 0 Å². The van der Waals surface area contributed by atoms with E-state index in [1.54, 1.807) is 0 Å². The van der Waals surface area contributed by atoms with Gasteiger partial charge in [-0.05, 0) is 48.4 Å². The molecule has 0 saturated carbocycles. The molecule has 0 unspecified atom stereocenters. The zero-order valence-electron chi connectivity index (χ0n) is 11.9. The molecule has 2 heterocycles. The highest BCUT2D eigenvalue weighted by Crippen LogP contribution is 2.16. The Bertz CT molecular complexity index is 579. The van der Waals surface area contributed by atoms with Gasteiger partial charge in [-0.15, -0.1) is 0 Å². The van der Waals surface area contributed by atoms with Crippen LogP contribution in [0.1, 0.15) is 37.7 Å². The van der Waals surface area contributed by atoms with E-state index in [4.69, 9.17) is 0 Å². The Hall–Kier alpha value is -1.77. The second-order valence-electron chi connectivity index (χ2n) is 5.69. The van der Waals surface area contributed by atoms with Gasteiger partial charge in [0.2, 0.25) is 5.91 Å². The first-order valence-electron chi connectivity index (χ1n) is 7.67. The van der Waals surface area contributed by atoms with E-state index in [0.29, 0.717) is 12.3 Å². The quantitative estimate of drug-likeness (QED) is 0.910. The van der Waals surface area contributed by atoms with Crippen LogP contribution in [0.25, 0.3) is 10.9 Å². The first kappa shape index (κ1) is 13.2. The van der Waals surface area contributed by atoms with Gasteiger partial charge in [-0.25, -0.2) is 0 Å². The van der Waals surface area contributed by atoms with Gasteiger partial charge in [0.05, 0.1) is 0 Å². The number of carbonyl (C=O) groups excluding carboxylic acids is 1. The van der Waals surface area contributed by atoms with E-state index < -0.39 is 0 Å². The number of H-pyrrole nitrogens is 1. The van der Waals surface area contributed by atoms with E-state index in [0.717, 1.165) is 25.0 Å². The molecule has 1 N–H and O–H groups in total. The van der Waals surface area contributed by atoms with Crippen molar-refractivity contribution in [1.82, 2.24) is 9.88 Å². The number of amides is 1. The summed E-state index contributed by atoms with van der Waals surface area (Å²) in [5.41, 5.74) is 2.41. The largest absolute Gasteiger partial charge is 0.361 e. The number of rotatable bonds is 3. The Morgan fingerprint density at radius 3 is 2.70 bits per heavy atom. The molecule has 0 radical (unpaired) electrons. The lowest BCUT2D eigenvalue weighted by atomic mass is 10.1. The first-order valence-corrected chi connectivity index (χ1v) is 7.67. The van der Waals surface area contributed by atoms with Crippen LogP contribution in [0.2, 0.25) is 0 Å². The molecular formula is C17H22N2O. The molecule has 1 aromatic carbocycles. The molecule has 1 saturated heterocycles. The summed E-state index contributed by atoms with van der Waals surface area (Å²) >= 11 is 0. The van der Waals surface area contributed by atoms with E-state index >= 15 is 0 Å². The van der Waals surface area contributed by atoms with Crippen molar-refractivity contribution in [3.8, 4) is 0 Å². The predicted molar refractivity (Wildman–Crippen MR) is 81.7 cm³/mol. The molecule has 2 aromatic rings. The number of hydrogen-bond donors (Lipinski definition) is 1. The summed E-state index contributed by atoms with van der Waals surface area (Å²) in [5, 5.41) is 1.23. The molecule has 0 atom stereocenters. The fourth-order valence-corrected chi connectivity index (χ4v) is 2.99. The number of aromatic nitrogens is 1. The van der Waals surface area contributed by atoms with E-state index in [1.165, 1.54) is 36.6 Å². The maximum absolute atomic E-state index is 12.3. The molecule has 3 heteroatoms. The predicted octanol–water partition coefficient (Wildman–Crippen LogP) is 3.50. The monoisotopic (exact) mass is 270 g/mol. The third-order valence-electron chi connectivity index (χ3n) is 4.20. The number of aromatic amines is 1. The van der Waals surface area contributed by atoms with Gasteiger partial charge in [-0.2, -0.15) is 0 Å². The van der Waals surface area contributed by atoms with Crippen LogP contribution in [0.15, 0.2) is 30.5 Å². The van der Waals surface area contributed by atoms with Gasteiger partial charge in [-0.3, -0.25) is 4.79 Å². The zero-order valence-corrected chi connectivity index (χ0v) is 11.9. The van der Waals surface area contributed by atoms with Gasteiger partial charge >= 0.3 is 0 Å². The molecule has 0 aliphatic carbocycles.